The average Bonchev–Trinajstić information content (AvgIpc) is 3.00. The van der Waals surface area contributed by atoms with E-state index in [-0.39, 0.29) is 5.82 Å². The summed E-state index contributed by atoms with van der Waals surface area (Å²) in [5.41, 5.74) is 4.66. The lowest BCUT2D eigenvalue weighted by atomic mass is 10.2. The van der Waals surface area contributed by atoms with Crippen molar-refractivity contribution in [1.82, 2.24) is 15.0 Å². The Labute approximate surface area is 138 Å². The van der Waals surface area contributed by atoms with Crippen molar-refractivity contribution in [3.05, 3.63) is 59.0 Å². The quantitative estimate of drug-likeness (QED) is 0.521. The molecule has 0 bridgehead atoms. The molecule has 0 amide bonds. The molecule has 118 valence electrons. The summed E-state index contributed by atoms with van der Waals surface area (Å²) >= 11 is 1.52. The van der Waals surface area contributed by atoms with Gasteiger partial charge in [-0.05, 0) is 50.6 Å². The molecule has 0 fully saturated rings. The highest BCUT2D eigenvalue weighted by Gasteiger charge is 2.10. The number of thioether (sulfide) groups is 1. The van der Waals surface area contributed by atoms with Crippen molar-refractivity contribution in [2.45, 2.75) is 31.7 Å². The molecule has 0 aliphatic carbocycles. The van der Waals surface area contributed by atoms with Crippen molar-refractivity contribution >= 4 is 11.8 Å². The molecule has 6 heteroatoms. The van der Waals surface area contributed by atoms with Crippen LogP contribution in [0.15, 0.2) is 40.1 Å². The van der Waals surface area contributed by atoms with Crippen LogP contribution in [0.2, 0.25) is 0 Å². The minimum atomic E-state index is -0.279. The molecule has 0 saturated carbocycles. The highest BCUT2D eigenvalue weighted by Crippen LogP contribution is 2.24. The standard InChI is InChI=1S/C17H16FN3OS/c1-10-11(2)19-17(20-12(10)3)23-9-15-8-22-16(21-15)13-4-6-14(18)7-5-13/h4-8H,9H2,1-3H3. The first-order chi connectivity index (χ1) is 11.0. The fourth-order valence-corrected chi connectivity index (χ4v) is 2.86. The third-order valence-corrected chi connectivity index (χ3v) is 4.49. The number of aromatic nitrogens is 3. The monoisotopic (exact) mass is 329 g/mol. The second-order valence-corrected chi connectivity index (χ2v) is 6.18. The number of nitrogens with zero attached hydrogens (tertiary/aromatic N) is 3. The first-order valence-corrected chi connectivity index (χ1v) is 8.16. The van der Waals surface area contributed by atoms with E-state index in [1.54, 1.807) is 18.4 Å². The van der Waals surface area contributed by atoms with Gasteiger partial charge in [-0.15, -0.1) is 0 Å². The average molecular weight is 329 g/mol. The van der Waals surface area contributed by atoms with Gasteiger partial charge in [0.15, 0.2) is 5.16 Å². The van der Waals surface area contributed by atoms with Crippen LogP contribution in [-0.4, -0.2) is 15.0 Å². The smallest absolute Gasteiger partial charge is 0.226 e. The molecule has 0 unspecified atom stereocenters. The Balaban J connectivity index is 1.71. The summed E-state index contributed by atoms with van der Waals surface area (Å²) in [6, 6.07) is 6.07. The molecule has 1 aromatic carbocycles. The van der Waals surface area contributed by atoms with Crippen LogP contribution < -0.4 is 0 Å². The number of benzene rings is 1. The Bertz CT molecular complexity index is 807. The first-order valence-electron chi connectivity index (χ1n) is 7.18. The van der Waals surface area contributed by atoms with Gasteiger partial charge in [0.2, 0.25) is 5.89 Å². The summed E-state index contributed by atoms with van der Waals surface area (Å²) < 4.78 is 18.4. The lowest BCUT2D eigenvalue weighted by molar-refractivity contribution is 0.573. The van der Waals surface area contributed by atoms with Crippen molar-refractivity contribution in [2.75, 3.05) is 0 Å². The van der Waals surface area contributed by atoms with Gasteiger partial charge < -0.3 is 4.42 Å². The second-order valence-electron chi connectivity index (χ2n) is 5.24. The number of rotatable bonds is 4. The lowest BCUT2D eigenvalue weighted by Gasteiger charge is -2.05. The second kappa shape index (κ2) is 6.50. The predicted octanol–water partition coefficient (Wildman–Crippen LogP) is 4.49. The summed E-state index contributed by atoms with van der Waals surface area (Å²) in [5, 5.41) is 0.733. The maximum atomic E-state index is 12.9. The molecule has 3 aromatic rings. The summed E-state index contributed by atoms with van der Waals surface area (Å²) in [4.78, 5) is 13.4. The summed E-state index contributed by atoms with van der Waals surface area (Å²) in [6.45, 7) is 5.99. The van der Waals surface area contributed by atoms with Gasteiger partial charge in [-0.2, -0.15) is 0 Å². The molecule has 2 heterocycles. The molecule has 0 saturated heterocycles. The lowest BCUT2D eigenvalue weighted by Crippen LogP contribution is -1.98. The normalized spacial score (nSPS) is 11.0. The topological polar surface area (TPSA) is 51.8 Å². The molecule has 0 aliphatic rings. The van der Waals surface area contributed by atoms with Crippen LogP contribution in [0.5, 0.6) is 0 Å². The van der Waals surface area contributed by atoms with Crippen LogP contribution >= 0.6 is 11.8 Å². The van der Waals surface area contributed by atoms with Crippen molar-refractivity contribution in [2.24, 2.45) is 0 Å². The van der Waals surface area contributed by atoms with Crippen LogP contribution in [0.3, 0.4) is 0 Å². The first kappa shape index (κ1) is 15.7. The summed E-state index contributed by atoms with van der Waals surface area (Å²) in [7, 11) is 0. The van der Waals surface area contributed by atoms with Gasteiger partial charge in [-0.3, -0.25) is 0 Å². The van der Waals surface area contributed by atoms with Crippen molar-refractivity contribution < 1.29 is 8.81 Å². The van der Waals surface area contributed by atoms with E-state index in [4.69, 9.17) is 4.42 Å². The highest BCUT2D eigenvalue weighted by molar-refractivity contribution is 7.98. The zero-order valence-electron chi connectivity index (χ0n) is 13.1. The molecule has 23 heavy (non-hydrogen) atoms. The van der Waals surface area contributed by atoms with E-state index in [2.05, 4.69) is 15.0 Å². The molecule has 0 radical (unpaired) electrons. The van der Waals surface area contributed by atoms with E-state index in [0.717, 1.165) is 33.4 Å². The van der Waals surface area contributed by atoms with E-state index >= 15 is 0 Å². The van der Waals surface area contributed by atoms with E-state index in [1.165, 1.54) is 23.9 Å². The predicted molar refractivity (Wildman–Crippen MR) is 87.7 cm³/mol. The Morgan fingerprint density at radius 3 is 2.30 bits per heavy atom. The Kier molecular flexibility index (Phi) is 4.43. The van der Waals surface area contributed by atoms with E-state index in [1.807, 2.05) is 20.8 Å². The van der Waals surface area contributed by atoms with E-state index in [0.29, 0.717) is 11.6 Å². The summed E-state index contributed by atoms with van der Waals surface area (Å²) in [6.07, 6.45) is 1.61. The fourth-order valence-electron chi connectivity index (χ4n) is 2.04. The SMILES string of the molecule is Cc1nc(SCc2coc(-c3ccc(F)cc3)n2)nc(C)c1C. The van der Waals surface area contributed by atoms with Crippen LogP contribution in [0.4, 0.5) is 4.39 Å². The fraction of sp³-hybridized carbons (Fsp3) is 0.235. The van der Waals surface area contributed by atoms with Crippen molar-refractivity contribution in [1.29, 1.82) is 0 Å². The largest absolute Gasteiger partial charge is 0.444 e. The number of halogens is 1. The Morgan fingerprint density at radius 1 is 1.00 bits per heavy atom. The van der Waals surface area contributed by atoms with Gasteiger partial charge in [0.1, 0.15) is 12.1 Å². The van der Waals surface area contributed by atoms with E-state index in [9.17, 15) is 4.39 Å². The minimum absolute atomic E-state index is 0.279. The molecule has 0 atom stereocenters. The van der Waals surface area contributed by atoms with Crippen LogP contribution in [0, 0.1) is 26.6 Å². The van der Waals surface area contributed by atoms with Gasteiger partial charge in [-0.25, -0.2) is 19.3 Å². The minimum Gasteiger partial charge on any atom is -0.444 e. The molecule has 4 nitrogen and oxygen atoms in total. The molecular formula is C17H16FN3OS. The third-order valence-electron chi connectivity index (χ3n) is 3.60. The Morgan fingerprint density at radius 2 is 1.65 bits per heavy atom. The number of aryl methyl sites for hydroxylation is 2. The summed E-state index contributed by atoms with van der Waals surface area (Å²) in [5.74, 6) is 0.822. The molecule has 3 rings (SSSR count). The third kappa shape index (κ3) is 3.59. The van der Waals surface area contributed by atoms with Gasteiger partial charge in [-0.1, -0.05) is 11.8 Å². The maximum absolute atomic E-state index is 12.9. The molecular weight excluding hydrogens is 313 g/mol. The van der Waals surface area contributed by atoms with Crippen molar-refractivity contribution in [3.8, 4) is 11.5 Å². The van der Waals surface area contributed by atoms with Gasteiger partial charge in [0.05, 0.1) is 5.69 Å². The van der Waals surface area contributed by atoms with Crippen LogP contribution in [0.1, 0.15) is 22.6 Å². The van der Waals surface area contributed by atoms with Gasteiger partial charge >= 0.3 is 0 Å². The molecule has 0 spiro atoms. The Hall–Kier alpha value is -2.21. The van der Waals surface area contributed by atoms with Crippen molar-refractivity contribution in [3.63, 3.8) is 0 Å². The number of oxazole rings is 1. The number of hydrogen-bond acceptors (Lipinski definition) is 5. The highest BCUT2D eigenvalue weighted by atomic mass is 32.2. The van der Waals surface area contributed by atoms with Crippen LogP contribution in [0.25, 0.3) is 11.5 Å². The van der Waals surface area contributed by atoms with Gasteiger partial charge in [0.25, 0.3) is 0 Å². The van der Waals surface area contributed by atoms with E-state index < -0.39 is 0 Å². The molecule has 0 aliphatic heterocycles. The number of hydrogen-bond donors (Lipinski definition) is 0. The zero-order valence-corrected chi connectivity index (χ0v) is 13.9. The molecule has 0 N–H and O–H groups in total. The van der Waals surface area contributed by atoms with Crippen LogP contribution in [-0.2, 0) is 5.75 Å². The van der Waals surface area contributed by atoms with Gasteiger partial charge in [0, 0.05) is 22.7 Å². The maximum Gasteiger partial charge on any atom is 0.226 e. The molecule has 2 aromatic heterocycles. The zero-order chi connectivity index (χ0) is 16.4.